The second kappa shape index (κ2) is 6.31. The standard InChI is InChI=1S/C18H30N2O2/c1-12(21)16(19)4-2-3-5-20-17(22)18-9-13-6-14(10-18)8-15(7-13)11-18/h13-16H,2-11,19H2,1H3,(H,20,22)/t13?,14?,15?,16-,18?/m1/s1. The molecule has 1 atom stereocenters. The van der Waals surface area contributed by atoms with Crippen LogP contribution in [0.2, 0.25) is 0 Å². The van der Waals surface area contributed by atoms with Crippen molar-refractivity contribution in [3.8, 4) is 0 Å². The van der Waals surface area contributed by atoms with Gasteiger partial charge in [0.25, 0.3) is 0 Å². The molecule has 4 nitrogen and oxygen atoms in total. The first-order valence-corrected chi connectivity index (χ1v) is 9.03. The predicted molar refractivity (Wildman–Crippen MR) is 86.1 cm³/mol. The van der Waals surface area contributed by atoms with Crippen molar-refractivity contribution in [3.63, 3.8) is 0 Å². The van der Waals surface area contributed by atoms with Crippen molar-refractivity contribution in [2.45, 2.75) is 70.8 Å². The summed E-state index contributed by atoms with van der Waals surface area (Å²) in [6, 6.07) is -0.334. The maximum atomic E-state index is 12.7. The Kier molecular flexibility index (Phi) is 4.58. The Bertz CT molecular complexity index is 411. The molecule has 4 heteroatoms. The lowest BCUT2D eigenvalue weighted by molar-refractivity contribution is -0.146. The fourth-order valence-electron chi connectivity index (χ4n) is 5.47. The Morgan fingerprint density at radius 1 is 1.09 bits per heavy atom. The molecule has 22 heavy (non-hydrogen) atoms. The average Bonchev–Trinajstić information content (AvgIpc) is 2.44. The number of unbranched alkanes of at least 4 members (excludes halogenated alkanes) is 1. The lowest BCUT2D eigenvalue weighted by atomic mass is 9.49. The molecular weight excluding hydrogens is 276 g/mol. The summed E-state index contributed by atoms with van der Waals surface area (Å²) in [6.07, 6.45) is 10.0. The van der Waals surface area contributed by atoms with Gasteiger partial charge < -0.3 is 11.1 Å². The Labute approximate surface area is 133 Å². The third kappa shape index (κ3) is 3.22. The Morgan fingerprint density at radius 2 is 1.64 bits per heavy atom. The SMILES string of the molecule is CC(=O)[C@H](N)CCCCNC(=O)C12CC3CC(CC(C3)C1)C2. The summed E-state index contributed by atoms with van der Waals surface area (Å²) in [5.41, 5.74) is 5.69. The van der Waals surface area contributed by atoms with E-state index in [-0.39, 0.29) is 17.2 Å². The summed E-state index contributed by atoms with van der Waals surface area (Å²) in [6.45, 7) is 2.27. The molecule has 4 fully saturated rings. The number of ketones is 1. The first-order valence-electron chi connectivity index (χ1n) is 9.03. The van der Waals surface area contributed by atoms with Crippen LogP contribution in [0, 0.1) is 23.2 Å². The van der Waals surface area contributed by atoms with Crippen molar-refractivity contribution in [1.29, 1.82) is 0 Å². The molecule has 0 spiro atoms. The van der Waals surface area contributed by atoms with Crippen LogP contribution in [0.1, 0.15) is 64.7 Å². The number of Topliss-reactive ketones (excluding diaryl/α,β-unsaturated/α-hetero) is 1. The molecule has 0 unspecified atom stereocenters. The molecule has 0 radical (unpaired) electrons. The monoisotopic (exact) mass is 306 g/mol. The highest BCUT2D eigenvalue weighted by molar-refractivity contribution is 5.83. The number of carbonyl (C=O) groups is 2. The molecule has 4 bridgehead atoms. The maximum absolute atomic E-state index is 12.7. The summed E-state index contributed by atoms with van der Waals surface area (Å²) in [5, 5.41) is 3.18. The average molecular weight is 306 g/mol. The van der Waals surface area contributed by atoms with Crippen LogP contribution in [0.3, 0.4) is 0 Å². The Morgan fingerprint density at radius 3 is 2.14 bits per heavy atom. The molecule has 3 N–H and O–H groups in total. The zero-order valence-corrected chi connectivity index (χ0v) is 13.8. The van der Waals surface area contributed by atoms with Crippen molar-refractivity contribution in [3.05, 3.63) is 0 Å². The molecule has 4 rings (SSSR count). The van der Waals surface area contributed by atoms with Crippen molar-refractivity contribution in [2.24, 2.45) is 28.9 Å². The summed E-state index contributed by atoms with van der Waals surface area (Å²) in [7, 11) is 0. The first-order chi connectivity index (χ1) is 10.5. The van der Waals surface area contributed by atoms with Gasteiger partial charge in [0, 0.05) is 12.0 Å². The molecule has 1 amide bonds. The number of amides is 1. The molecule has 4 aliphatic carbocycles. The fraction of sp³-hybridized carbons (Fsp3) is 0.889. The lowest BCUT2D eigenvalue weighted by Gasteiger charge is -2.55. The molecule has 0 aromatic heterocycles. The third-order valence-corrected chi connectivity index (χ3v) is 6.27. The van der Waals surface area contributed by atoms with Crippen LogP contribution in [-0.4, -0.2) is 24.3 Å². The van der Waals surface area contributed by atoms with Crippen LogP contribution in [0.25, 0.3) is 0 Å². The van der Waals surface area contributed by atoms with E-state index in [1.165, 1.54) is 19.3 Å². The number of hydrogen-bond acceptors (Lipinski definition) is 3. The van der Waals surface area contributed by atoms with Crippen LogP contribution in [0.15, 0.2) is 0 Å². The van der Waals surface area contributed by atoms with Crippen molar-refractivity contribution >= 4 is 11.7 Å². The van der Waals surface area contributed by atoms with E-state index in [2.05, 4.69) is 5.32 Å². The van der Waals surface area contributed by atoms with Crippen LogP contribution in [0.5, 0.6) is 0 Å². The summed E-state index contributed by atoms with van der Waals surface area (Å²) in [5.74, 6) is 2.79. The van der Waals surface area contributed by atoms with E-state index in [9.17, 15) is 9.59 Å². The number of rotatable bonds is 7. The molecule has 0 aromatic rings. The predicted octanol–water partition coefficient (Wildman–Crippen LogP) is 2.41. The summed E-state index contributed by atoms with van der Waals surface area (Å²) < 4.78 is 0. The highest BCUT2D eigenvalue weighted by atomic mass is 16.2. The van der Waals surface area contributed by atoms with Gasteiger partial charge in [0.1, 0.15) is 5.78 Å². The van der Waals surface area contributed by atoms with Gasteiger partial charge in [-0.25, -0.2) is 0 Å². The van der Waals surface area contributed by atoms with E-state index in [4.69, 9.17) is 5.73 Å². The smallest absolute Gasteiger partial charge is 0.226 e. The normalized spacial score (nSPS) is 37.1. The number of carbonyl (C=O) groups excluding carboxylic acids is 2. The van der Waals surface area contributed by atoms with Gasteiger partial charge in [-0.2, -0.15) is 0 Å². The largest absolute Gasteiger partial charge is 0.356 e. The van der Waals surface area contributed by atoms with Gasteiger partial charge in [-0.15, -0.1) is 0 Å². The van der Waals surface area contributed by atoms with Gasteiger partial charge in [-0.1, -0.05) is 0 Å². The van der Waals surface area contributed by atoms with Crippen molar-refractivity contribution in [1.82, 2.24) is 5.32 Å². The highest BCUT2D eigenvalue weighted by Gasteiger charge is 2.54. The molecule has 0 aromatic carbocycles. The van der Waals surface area contributed by atoms with Gasteiger partial charge >= 0.3 is 0 Å². The minimum atomic E-state index is -0.334. The number of hydrogen-bond donors (Lipinski definition) is 2. The molecule has 4 aliphatic rings. The van der Waals surface area contributed by atoms with Gasteiger partial charge in [0.05, 0.1) is 6.04 Å². The van der Waals surface area contributed by atoms with Crippen LogP contribution < -0.4 is 11.1 Å². The van der Waals surface area contributed by atoms with Crippen LogP contribution in [0.4, 0.5) is 0 Å². The molecule has 124 valence electrons. The van der Waals surface area contributed by atoms with E-state index < -0.39 is 0 Å². The van der Waals surface area contributed by atoms with Gasteiger partial charge in [0.2, 0.25) is 5.91 Å². The molecule has 0 aliphatic heterocycles. The summed E-state index contributed by atoms with van der Waals surface area (Å²) in [4.78, 5) is 23.8. The Balaban J connectivity index is 1.42. The minimum Gasteiger partial charge on any atom is -0.356 e. The van der Waals surface area contributed by atoms with E-state index in [1.807, 2.05) is 0 Å². The van der Waals surface area contributed by atoms with E-state index in [0.29, 0.717) is 5.91 Å². The molecule has 4 saturated carbocycles. The fourth-order valence-corrected chi connectivity index (χ4v) is 5.47. The lowest BCUT2D eigenvalue weighted by Crippen LogP contribution is -2.53. The summed E-state index contributed by atoms with van der Waals surface area (Å²) >= 11 is 0. The topological polar surface area (TPSA) is 72.2 Å². The first kappa shape index (κ1) is 16.0. The molecule has 0 saturated heterocycles. The van der Waals surface area contributed by atoms with Gasteiger partial charge in [0.15, 0.2) is 0 Å². The zero-order chi connectivity index (χ0) is 15.7. The number of nitrogens with two attached hydrogens (primary N) is 1. The van der Waals surface area contributed by atoms with Gasteiger partial charge in [-0.05, 0) is 82.5 Å². The van der Waals surface area contributed by atoms with Crippen LogP contribution in [-0.2, 0) is 9.59 Å². The van der Waals surface area contributed by atoms with E-state index in [1.54, 1.807) is 6.92 Å². The number of nitrogens with one attached hydrogen (secondary N) is 1. The molecular formula is C18H30N2O2. The van der Waals surface area contributed by atoms with E-state index in [0.717, 1.165) is 62.8 Å². The zero-order valence-electron chi connectivity index (χ0n) is 13.8. The van der Waals surface area contributed by atoms with Gasteiger partial charge in [-0.3, -0.25) is 9.59 Å². The maximum Gasteiger partial charge on any atom is 0.226 e. The van der Waals surface area contributed by atoms with E-state index >= 15 is 0 Å². The molecule has 0 heterocycles. The van der Waals surface area contributed by atoms with Crippen LogP contribution >= 0.6 is 0 Å². The van der Waals surface area contributed by atoms with Crippen molar-refractivity contribution < 1.29 is 9.59 Å². The Hall–Kier alpha value is -0.900. The quantitative estimate of drug-likeness (QED) is 0.709. The second-order valence-electron chi connectivity index (χ2n) is 8.17. The minimum absolute atomic E-state index is 0.0372. The highest BCUT2D eigenvalue weighted by Crippen LogP contribution is 2.60. The van der Waals surface area contributed by atoms with Crippen molar-refractivity contribution in [2.75, 3.05) is 6.54 Å². The second-order valence-corrected chi connectivity index (χ2v) is 8.17. The third-order valence-electron chi connectivity index (χ3n) is 6.27.